The number of furan rings is 1. The highest BCUT2D eigenvalue weighted by atomic mass is 35.5. The average Bonchev–Trinajstić information content (AvgIpc) is 2.83. The summed E-state index contributed by atoms with van der Waals surface area (Å²) in [5.74, 6) is 0.683. The summed E-state index contributed by atoms with van der Waals surface area (Å²) < 4.78 is 5.87. The fourth-order valence-corrected chi connectivity index (χ4v) is 2.38. The molecule has 0 atom stereocenters. The predicted molar refractivity (Wildman–Crippen MR) is 76.8 cm³/mol. The van der Waals surface area contributed by atoms with Crippen molar-refractivity contribution in [2.45, 2.75) is 6.92 Å². The van der Waals surface area contributed by atoms with Crippen LogP contribution in [0, 0.1) is 6.92 Å². The number of hydrogen-bond acceptors (Lipinski definition) is 2. The van der Waals surface area contributed by atoms with Crippen molar-refractivity contribution in [3.05, 3.63) is 58.6 Å². The second-order valence-corrected chi connectivity index (χ2v) is 4.89. The minimum Gasteiger partial charge on any atom is -0.456 e. The monoisotopic (exact) mass is 270 g/mol. The molecule has 0 fully saturated rings. The van der Waals surface area contributed by atoms with Crippen LogP contribution in [0.2, 0.25) is 5.02 Å². The molecule has 3 rings (SSSR count). The Hall–Kier alpha value is -2.06. The second-order valence-electron chi connectivity index (χ2n) is 4.45. The molecule has 0 unspecified atom stereocenters. The van der Waals surface area contributed by atoms with Crippen LogP contribution in [0.1, 0.15) is 15.9 Å². The smallest absolute Gasteiger partial charge is 0.150 e. The molecule has 0 amide bonds. The zero-order valence-corrected chi connectivity index (χ0v) is 11.1. The molecule has 19 heavy (non-hydrogen) atoms. The Bertz CT molecular complexity index is 772. The summed E-state index contributed by atoms with van der Waals surface area (Å²) in [6, 6.07) is 13.1. The van der Waals surface area contributed by atoms with E-state index < -0.39 is 0 Å². The quantitative estimate of drug-likeness (QED) is 0.622. The Morgan fingerprint density at radius 3 is 2.74 bits per heavy atom. The van der Waals surface area contributed by atoms with Crippen LogP contribution >= 0.6 is 11.6 Å². The molecular weight excluding hydrogens is 260 g/mol. The van der Waals surface area contributed by atoms with Crippen LogP contribution in [0.15, 0.2) is 46.9 Å². The first-order valence-electron chi connectivity index (χ1n) is 5.93. The highest BCUT2D eigenvalue weighted by Crippen LogP contribution is 2.32. The average molecular weight is 271 g/mol. The number of rotatable bonds is 2. The van der Waals surface area contributed by atoms with E-state index in [2.05, 4.69) is 0 Å². The number of fused-ring (bicyclic) bond motifs is 1. The van der Waals surface area contributed by atoms with Crippen LogP contribution in [0.3, 0.4) is 0 Å². The molecule has 1 heterocycles. The van der Waals surface area contributed by atoms with Gasteiger partial charge in [-0.25, -0.2) is 0 Å². The third-order valence-corrected chi connectivity index (χ3v) is 3.38. The molecule has 0 radical (unpaired) electrons. The molecule has 0 saturated carbocycles. The van der Waals surface area contributed by atoms with E-state index in [4.69, 9.17) is 16.0 Å². The highest BCUT2D eigenvalue weighted by molar-refractivity contribution is 6.31. The van der Waals surface area contributed by atoms with Crippen LogP contribution in [-0.4, -0.2) is 6.29 Å². The van der Waals surface area contributed by atoms with Gasteiger partial charge in [0.25, 0.3) is 0 Å². The first kappa shape index (κ1) is 12.0. The van der Waals surface area contributed by atoms with E-state index in [-0.39, 0.29) is 0 Å². The molecule has 0 spiro atoms. The standard InChI is InChI=1S/C16H11ClO2/c1-10-3-2-4-11-8-15(19-16(10)11)14-6-5-13(17)7-12(14)9-18/h2-9H,1H3. The summed E-state index contributed by atoms with van der Waals surface area (Å²) >= 11 is 5.90. The fraction of sp³-hybridized carbons (Fsp3) is 0.0625. The van der Waals surface area contributed by atoms with Crippen LogP contribution in [0.5, 0.6) is 0 Å². The normalized spacial score (nSPS) is 10.8. The first-order valence-corrected chi connectivity index (χ1v) is 6.31. The molecule has 0 aliphatic heterocycles. The van der Waals surface area contributed by atoms with Gasteiger partial charge in [0.05, 0.1) is 0 Å². The van der Waals surface area contributed by atoms with E-state index in [0.29, 0.717) is 16.3 Å². The number of carbonyl (C=O) groups is 1. The molecule has 2 nitrogen and oxygen atoms in total. The number of para-hydroxylation sites is 1. The largest absolute Gasteiger partial charge is 0.456 e. The molecule has 0 bridgehead atoms. The molecule has 3 heteroatoms. The van der Waals surface area contributed by atoms with Crippen molar-refractivity contribution in [2.24, 2.45) is 0 Å². The van der Waals surface area contributed by atoms with Crippen molar-refractivity contribution in [1.29, 1.82) is 0 Å². The van der Waals surface area contributed by atoms with Crippen LogP contribution in [0.4, 0.5) is 0 Å². The van der Waals surface area contributed by atoms with Gasteiger partial charge >= 0.3 is 0 Å². The molecule has 1 aromatic heterocycles. The van der Waals surface area contributed by atoms with Gasteiger partial charge in [-0.15, -0.1) is 0 Å². The minimum atomic E-state index is 0.532. The number of benzene rings is 2. The van der Waals surface area contributed by atoms with E-state index in [1.165, 1.54) is 0 Å². The lowest BCUT2D eigenvalue weighted by molar-refractivity contribution is 0.112. The Kier molecular flexibility index (Phi) is 2.88. The van der Waals surface area contributed by atoms with Gasteiger partial charge in [-0.3, -0.25) is 4.79 Å². The highest BCUT2D eigenvalue weighted by Gasteiger charge is 2.11. The Labute approximate surface area is 115 Å². The van der Waals surface area contributed by atoms with Gasteiger partial charge in [0, 0.05) is 21.5 Å². The van der Waals surface area contributed by atoms with Crippen molar-refractivity contribution in [1.82, 2.24) is 0 Å². The van der Waals surface area contributed by atoms with Crippen LogP contribution < -0.4 is 0 Å². The number of aldehydes is 1. The van der Waals surface area contributed by atoms with E-state index in [0.717, 1.165) is 28.4 Å². The minimum absolute atomic E-state index is 0.532. The zero-order chi connectivity index (χ0) is 13.4. The second kappa shape index (κ2) is 4.56. The van der Waals surface area contributed by atoms with E-state index in [1.807, 2.05) is 31.2 Å². The first-order chi connectivity index (χ1) is 9.19. The van der Waals surface area contributed by atoms with E-state index in [9.17, 15) is 4.79 Å². The van der Waals surface area contributed by atoms with Gasteiger partial charge in [-0.1, -0.05) is 29.8 Å². The number of carbonyl (C=O) groups excluding carboxylic acids is 1. The Balaban J connectivity index is 2.24. The lowest BCUT2D eigenvalue weighted by Gasteiger charge is -2.01. The van der Waals surface area contributed by atoms with Gasteiger partial charge in [-0.2, -0.15) is 0 Å². The van der Waals surface area contributed by atoms with Gasteiger partial charge in [0.1, 0.15) is 11.3 Å². The van der Waals surface area contributed by atoms with Crippen molar-refractivity contribution < 1.29 is 9.21 Å². The summed E-state index contributed by atoms with van der Waals surface area (Å²) in [5.41, 5.74) is 3.22. The van der Waals surface area contributed by atoms with Crippen molar-refractivity contribution >= 4 is 28.9 Å². The van der Waals surface area contributed by atoms with E-state index >= 15 is 0 Å². The lowest BCUT2D eigenvalue weighted by Crippen LogP contribution is -1.85. The van der Waals surface area contributed by atoms with Crippen molar-refractivity contribution in [3.8, 4) is 11.3 Å². The van der Waals surface area contributed by atoms with E-state index in [1.54, 1.807) is 18.2 Å². The molecule has 0 saturated heterocycles. The zero-order valence-electron chi connectivity index (χ0n) is 10.3. The maximum absolute atomic E-state index is 11.1. The molecule has 3 aromatic rings. The molecule has 0 N–H and O–H groups in total. The van der Waals surface area contributed by atoms with Crippen LogP contribution in [0.25, 0.3) is 22.3 Å². The summed E-state index contributed by atoms with van der Waals surface area (Å²) in [6.07, 6.45) is 0.793. The molecule has 0 aliphatic rings. The van der Waals surface area contributed by atoms with Gasteiger partial charge in [0.2, 0.25) is 0 Å². The third-order valence-electron chi connectivity index (χ3n) is 3.15. The van der Waals surface area contributed by atoms with Crippen LogP contribution in [-0.2, 0) is 0 Å². The van der Waals surface area contributed by atoms with Gasteiger partial charge in [0.15, 0.2) is 6.29 Å². The summed E-state index contributed by atoms with van der Waals surface area (Å²) in [7, 11) is 0. The molecule has 94 valence electrons. The fourth-order valence-electron chi connectivity index (χ4n) is 2.20. The third kappa shape index (κ3) is 2.04. The number of halogens is 1. The Morgan fingerprint density at radius 2 is 2.00 bits per heavy atom. The summed E-state index contributed by atoms with van der Waals surface area (Å²) in [6.45, 7) is 2.00. The predicted octanol–water partition coefficient (Wildman–Crippen LogP) is 4.87. The summed E-state index contributed by atoms with van der Waals surface area (Å²) in [4.78, 5) is 11.1. The maximum Gasteiger partial charge on any atom is 0.150 e. The van der Waals surface area contributed by atoms with Crippen molar-refractivity contribution in [2.75, 3.05) is 0 Å². The topological polar surface area (TPSA) is 30.2 Å². The van der Waals surface area contributed by atoms with Crippen molar-refractivity contribution in [3.63, 3.8) is 0 Å². The molecule has 0 aliphatic carbocycles. The number of hydrogen-bond donors (Lipinski definition) is 0. The lowest BCUT2D eigenvalue weighted by atomic mass is 10.1. The summed E-state index contributed by atoms with van der Waals surface area (Å²) in [5, 5.41) is 1.57. The van der Waals surface area contributed by atoms with Gasteiger partial charge in [-0.05, 0) is 36.8 Å². The SMILES string of the molecule is Cc1cccc2cc(-c3ccc(Cl)cc3C=O)oc12. The van der Waals surface area contributed by atoms with Gasteiger partial charge < -0.3 is 4.42 Å². The maximum atomic E-state index is 11.1. The number of aryl methyl sites for hydroxylation is 1. The molecule has 2 aromatic carbocycles. The Morgan fingerprint density at radius 1 is 1.16 bits per heavy atom. The molecular formula is C16H11ClO2.